The largest absolute Gasteiger partial charge is 0.324 e. The highest BCUT2D eigenvalue weighted by Crippen LogP contribution is 2.25. The molecule has 90 valence electrons. The van der Waals surface area contributed by atoms with Crippen molar-refractivity contribution in [3.05, 3.63) is 60.2 Å². The summed E-state index contributed by atoms with van der Waals surface area (Å²) in [5, 5.41) is 5.13. The van der Waals surface area contributed by atoms with E-state index in [4.69, 9.17) is 5.73 Å². The molecular formula is C17H17N. The van der Waals surface area contributed by atoms with Crippen LogP contribution in [0.25, 0.3) is 21.5 Å². The van der Waals surface area contributed by atoms with E-state index in [0.717, 1.165) is 6.42 Å². The summed E-state index contributed by atoms with van der Waals surface area (Å²) < 4.78 is 0. The molecule has 0 fully saturated rings. The van der Waals surface area contributed by atoms with Crippen LogP contribution in [0.3, 0.4) is 0 Å². The highest BCUT2D eigenvalue weighted by molar-refractivity contribution is 5.98. The number of benzene rings is 3. The zero-order valence-corrected chi connectivity index (χ0v) is 10.6. The summed E-state index contributed by atoms with van der Waals surface area (Å²) in [5.74, 6) is 0. The average Bonchev–Trinajstić information content (AvgIpc) is 2.43. The van der Waals surface area contributed by atoms with E-state index in [1.807, 2.05) is 0 Å². The Labute approximate surface area is 107 Å². The predicted molar refractivity (Wildman–Crippen MR) is 78.7 cm³/mol. The van der Waals surface area contributed by atoms with Crippen LogP contribution in [0, 0.1) is 0 Å². The van der Waals surface area contributed by atoms with E-state index in [0.29, 0.717) is 0 Å². The lowest BCUT2D eigenvalue weighted by Gasteiger charge is -2.10. The first-order chi connectivity index (χ1) is 8.78. The molecule has 0 bridgehead atoms. The van der Waals surface area contributed by atoms with E-state index in [1.54, 1.807) is 0 Å². The van der Waals surface area contributed by atoms with Gasteiger partial charge in [-0.15, -0.1) is 0 Å². The highest BCUT2D eigenvalue weighted by Gasteiger charge is 2.04. The van der Waals surface area contributed by atoms with Crippen molar-refractivity contribution >= 4 is 21.5 Å². The van der Waals surface area contributed by atoms with Gasteiger partial charge in [0.05, 0.1) is 0 Å². The first-order valence-corrected chi connectivity index (χ1v) is 6.46. The van der Waals surface area contributed by atoms with E-state index < -0.39 is 0 Å². The maximum absolute atomic E-state index is 6.10. The van der Waals surface area contributed by atoms with Gasteiger partial charge in [0.2, 0.25) is 0 Å². The number of hydrogen-bond donors (Lipinski definition) is 1. The van der Waals surface area contributed by atoms with E-state index in [-0.39, 0.29) is 6.04 Å². The highest BCUT2D eigenvalue weighted by atomic mass is 14.6. The molecule has 0 aromatic heterocycles. The molecule has 0 aliphatic heterocycles. The number of rotatable bonds is 2. The maximum atomic E-state index is 6.10. The minimum atomic E-state index is 0.140. The Morgan fingerprint density at radius 2 is 1.44 bits per heavy atom. The quantitative estimate of drug-likeness (QED) is 0.654. The second-order valence-corrected chi connectivity index (χ2v) is 4.82. The number of nitrogens with two attached hydrogens (primary N) is 1. The lowest BCUT2D eigenvalue weighted by molar-refractivity contribution is 0.700. The van der Waals surface area contributed by atoms with Gasteiger partial charge in [0.25, 0.3) is 0 Å². The molecule has 3 aromatic carbocycles. The van der Waals surface area contributed by atoms with Gasteiger partial charge >= 0.3 is 0 Å². The van der Waals surface area contributed by atoms with Crippen molar-refractivity contribution in [2.75, 3.05) is 0 Å². The van der Waals surface area contributed by atoms with Crippen molar-refractivity contribution in [1.82, 2.24) is 0 Å². The minimum Gasteiger partial charge on any atom is -0.324 e. The van der Waals surface area contributed by atoms with Crippen LogP contribution in [0.15, 0.2) is 54.6 Å². The summed E-state index contributed by atoms with van der Waals surface area (Å²) in [6, 6.07) is 19.6. The Hall–Kier alpha value is -1.86. The van der Waals surface area contributed by atoms with E-state index in [9.17, 15) is 0 Å². The fourth-order valence-electron chi connectivity index (χ4n) is 2.42. The van der Waals surface area contributed by atoms with Crippen molar-refractivity contribution in [2.45, 2.75) is 19.4 Å². The number of hydrogen-bond acceptors (Lipinski definition) is 1. The predicted octanol–water partition coefficient (Wildman–Crippen LogP) is 4.40. The monoisotopic (exact) mass is 235 g/mol. The van der Waals surface area contributed by atoms with Crippen LogP contribution in [0.5, 0.6) is 0 Å². The van der Waals surface area contributed by atoms with Crippen molar-refractivity contribution < 1.29 is 0 Å². The lowest BCUT2D eigenvalue weighted by atomic mass is 9.98. The van der Waals surface area contributed by atoms with Crippen LogP contribution in [-0.4, -0.2) is 0 Å². The fraction of sp³-hybridized carbons (Fsp3) is 0.176. The smallest absolute Gasteiger partial charge is 0.0292 e. The maximum Gasteiger partial charge on any atom is 0.0292 e. The molecule has 0 unspecified atom stereocenters. The van der Waals surface area contributed by atoms with Crippen molar-refractivity contribution in [1.29, 1.82) is 0 Å². The van der Waals surface area contributed by atoms with Gasteiger partial charge in [0.1, 0.15) is 0 Å². The summed E-state index contributed by atoms with van der Waals surface area (Å²) in [5.41, 5.74) is 7.32. The molecule has 0 aliphatic rings. The van der Waals surface area contributed by atoms with Gasteiger partial charge in [-0.05, 0) is 51.7 Å². The first-order valence-electron chi connectivity index (χ1n) is 6.46. The Bertz CT molecular complexity index is 700. The molecule has 0 spiro atoms. The standard InChI is InChI=1S/C17H17N/c1-2-17(18)15-8-7-14-9-12-5-3-4-6-13(12)10-16(14)11-15/h3-11,17H,2,18H2,1H3/t17-/m1/s1. The van der Waals surface area contributed by atoms with Crippen LogP contribution in [0.2, 0.25) is 0 Å². The Morgan fingerprint density at radius 3 is 2.11 bits per heavy atom. The molecule has 1 atom stereocenters. The van der Waals surface area contributed by atoms with Crippen LogP contribution in [0.4, 0.5) is 0 Å². The molecule has 1 nitrogen and oxygen atoms in total. The van der Waals surface area contributed by atoms with Crippen molar-refractivity contribution in [3.8, 4) is 0 Å². The van der Waals surface area contributed by atoms with Crippen LogP contribution in [-0.2, 0) is 0 Å². The van der Waals surface area contributed by atoms with E-state index in [2.05, 4.69) is 61.5 Å². The molecule has 18 heavy (non-hydrogen) atoms. The fourth-order valence-corrected chi connectivity index (χ4v) is 2.42. The van der Waals surface area contributed by atoms with Crippen LogP contribution in [0.1, 0.15) is 24.9 Å². The van der Waals surface area contributed by atoms with Gasteiger partial charge in [-0.1, -0.05) is 43.3 Å². The third kappa shape index (κ3) is 1.87. The Kier molecular flexibility index (Phi) is 2.77. The zero-order valence-electron chi connectivity index (χ0n) is 10.6. The van der Waals surface area contributed by atoms with Crippen LogP contribution < -0.4 is 5.73 Å². The molecule has 0 radical (unpaired) electrons. The van der Waals surface area contributed by atoms with E-state index in [1.165, 1.54) is 27.1 Å². The molecular weight excluding hydrogens is 218 g/mol. The molecule has 3 aromatic rings. The number of fused-ring (bicyclic) bond motifs is 2. The molecule has 0 amide bonds. The SMILES string of the molecule is CC[C@@H](N)c1ccc2cc3ccccc3cc2c1. The molecule has 3 rings (SSSR count). The van der Waals surface area contributed by atoms with Gasteiger partial charge < -0.3 is 5.73 Å². The molecule has 0 saturated carbocycles. The van der Waals surface area contributed by atoms with Gasteiger partial charge in [-0.25, -0.2) is 0 Å². The second-order valence-electron chi connectivity index (χ2n) is 4.82. The molecule has 0 aliphatic carbocycles. The summed E-state index contributed by atoms with van der Waals surface area (Å²) in [6.45, 7) is 2.12. The average molecular weight is 235 g/mol. The van der Waals surface area contributed by atoms with E-state index >= 15 is 0 Å². The van der Waals surface area contributed by atoms with Gasteiger partial charge in [-0.2, -0.15) is 0 Å². The van der Waals surface area contributed by atoms with Gasteiger partial charge in [-0.3, -0.25) is 0 Å². The second kappa shape index (κ2) is 4.43. The zero-order chi connectivity index (χ0) is 12.5. The topological polar surface area (TPSA) is 26.0 Å². The van der Waals surface area contributed by atoms with Gasteiger partial charge in [0.15, 0.2) is 0 Å². The molecule has 1 heteroatoms. The molecule has 2 N–H and O–H groups in total. The minimum absolute atomic E-state index is 0.140. The molecule has 0 heterocycles. The lowest BCUT2D eigenvalue weighted by Crippen LogP contribution is -2.08. The summed E-state index contributed by atoms with van der Waals surface area (Å²) in [7, 11) is 0. The third-order valence-electron chi connectivity index (χ3n) is 3.60. The summed E-state index contributed by atoms with van der Waals surface area (Å²) in [6.07, 6.45) is 0.971. The first kappa shape index (κ1) is 11.2. The summed E-state index contributed by atoms with van der Waals surface area (Å²) in [4.78, 5) is 0. The third-order valence-corrected chi connectivity index (χ3v) is 3.60. The van der Waals surface area contributed by atoms with Gasteiger partial charge in [0, 0.05) is 6.04 Å². The normalized spacial score (nSPS) is 13.0. The summed E-state index contributed by atoms with van der Waals surface area (Å²) >= 11 is 0. The Balaban J connectivity index is 2.24. The van der Waals surface area contributed by atoms with Crippen LogP contribution >= 0.6 is 0 Å². The Morgan fingerprint density at radius 1 is 0.833 bits per heavy atom. The van der Waals surface area contributed by atoms with Crippen molar-refractivity contribution in [3.63, 3.8) is 0 Å². The molecule has 0 saturated heterocycles. The van der Waals surface area contributed by atoms with Crippen molar-refractivity contribution in [2.24, 2.45) is 5.73 Å².